The Hall–Kier alpha value is -1.21. The lowest BCUT2D eigenvalue weighted by Crippen LogP contribution is -1.92. The molecule has 0 aliphatic heterocycles. The first-order valence-electron chi connectivity index (χ1n) is 4.52. The van der Waals surface area contributed by atoms with Gasteiger partial charge in [0.25, 0.3) is 0 Å². The molecule has 0 saturated heterocycles. The number of hydrogen-bond donors (Lipinski definition) is 0. The molecule has 0 aliphatic carbocycles. The Bertz CT molecular complexity index is 509. The molecule has 2 rings (SSSR count). The van der Waals surface area contributed by atoms with Gasteiger partial charge in [0.15, 0.2) is 0 Å². The first-order chi connectivity index (χ1) is 6.65. The smallest absolute Gasteiger partial charge is 0.0527 e. The van der Waals surface area contributed by atoms with Crippen LogP contribution >= 0.6 is 11.6 Å². The van der Waals surface area contributed by atoms with Crippen molar-refractivity contribution in [3.63, 3.8) is 0 Å². The van der Waals surface area contributed by atoms with Crippen LogP contribution in [-0.2, 0) is 7.05 Å². The average molecular weight is 206 g/mol. The van der Waals surface area contributed by atoms with Crippen LogP contribution < -0.4 is 0 Å². The maximum Gasteiger partial charge on any atom is 0.0527 e. The Morgan fingerprint density at radius 1 is 1.43 bits per heavy atom. The second kappa shape index (κ2) is 3.18. The first kappa shape index (κ1) is 9.35. The van der Waals surface area contributed by atoms with Gasteiger partial charge in [0.2, 0.25) is 0 Å². The minimum absolute atomic E-state index is 0.814. The van der Waals surface area contributed by atoms with E-state index in [4.69, 9.17) is 11.6 Å². The van der Waals surface area contributed by atoms with Gasteiger partial charge in [-0.15, -0.1) is 0 Å². The van der Waals surface area contributed by atoms with Crippen LogP contribution in [0.15, 0.2) is 24.8 Å². The summed E-state index contributed by atoms with van der Waals surface area (Å²) in [6, 6.07) is 6.09. The zero-order chi connectivity index (χ0) is 10.3. The highest BCUT2D eigenvalue weighted by molar-refractivity contribution is 6.32. The summed E-state index contributed by atoms with van der Waals surface area (Å²) in [5.74, 6) is 0. The van der Waals surface area contributed by atoms with Crippen molar-refractivity contribution >= 4 is 28.6 Å². The fourth-order valence-electron chi connectivity index (χ4n) is 1.84. The number of aryl methyl sites for hydroxylation is 2. The van der Waals surface area contributed by atoms with E-state index in [1.165, 1.54) is 10.9 Å². The standard InChI is InChI=1S/C12H12ClN/c1-4-10-7-9-5-6-11(13)8(2)12(9)14(10)3/h4-7H,1H2,2-3H3. The SMILES string of the molecule is C=Cc1cc2ccc(Cl)c(C)c2n1C. The van der Waals surface area contributed by atoms with Gasteiger partial charge < -0.3 is 4.57 Å². The Morgan fingerprint density at radius 2 is 2.14 bits per heavy atom. The molecule has 1 aromatic heterocycles. The third-order valence-electron chi connectivity index (χ3n) is 2.63. The molecule has 1 nitrogen and oxygen atoms in total. The molecular weight excluding hydrogens is 194 g/mol. The summed E-state index contributed by atoms with van der Waals surface area (Å²) in [6.07, 6.45) is 1.85. The molecule has 0 spiro atoms. The summed E-state index contributed by atoms with van der Waals surface area (Å²) in [5, 5.41) is 2.03. The number of halogens is 1. The molecule has 1 heterocycles. The number of aromatic nitrogens is 1. The molecule has 0 fully saturated rings. The highest BCUT2D eigenvalue weighted by atomic mass is 35.5. The quantitative estimate of drug-likeness (QED) is 0.668. The van der Waals surface area contributed by atoms with Crippen molar-refractivity contribution in [2.45, 2.75) is 6.92 Å². The zero-order valence-corrected chi connectivity index (χ0v) is 9.10. The van der Waals surface area contributed by atoms with E-state index >= 15 is 0 Å². The first-order valence-corrected chi connectivity index (χ1v) is 4.90. The van der Waals surface area contributed by atoms with Gasteiger partial charge in [-0.2, -0.15) is 0 Å². The van der Waals surface area contributed by atoms with Crippen molar-refractivity contribution < 1.29 is 0 Å². The number of nitrogens with zero attached hydrogens (tertiary/aromatic N) is 1. The zero-order valence-electron chi connectivity index (χ0n) is 8.34. The van der Waals surface area contributed by atoms with Gasteiger partial charge in [0, 0.05) is 23.2 Å². The van der Waals surface area contributed by atoms with Crippen molar-refractivity contribution in [1.82, 2.24) is 4.57 Å². The minimum atomic E-state index is 0.814. The van der Waals surface area contributed by atoms with E-state index in [1.54, 1.807) is 0 Å². The molecule has 0 radical (unpaired) electrons. The summed E-state index contributed by atoms with van der Waals surface area (Å²) in [4.78, 5) is 0. The molecule has 0 amide bonds. The van der Waals surface area contributed by atoms with E-state index in [0.717, 1.165) is 16.3 Å². The lowest BCUT2D eigenvalue weighted by molar-refractivity contribution is 0.950. The van der Waals surface area contributed by atoms with Crippen molar-refractivity contribution in [2.24, 2.45) is 7.05 Å². The van der Waals surface area contributed by atoms with Crippen LogP contribution in [0.25, 0.3) is 17.0 Å². The highest BCUT2D eigenvalue weighted by Crippen LogP contribution is 2.27. The minimum Gasteiger partial charge on any atom is -0.344 e. The number of fused-ring (bicyclic) bond motifs is 1. The molecule has 1 aromatic carbocycles. The normalized spacial score (nSPS) is 10.8. The number of rotatable bonds is 1. The molecule has 0 saturated carbocycles. The third-order valence-corrected chi connectivity index (χ3v) is 3.04. The van der Waals surface area contributed by atoms with Gasteiger partial charge >= 0.3 is 0 Å². The summed E-state index contributed by atoms with van der Waals surface area (Å²) >= 11 is 6.07. The van der Waals surface area contributed by atoms with Crippen LogP contribution in [0.2, 0.25) is 5.02 Å². The van der Waals surface area contributed by atoms with E-state index in [1.807, 2.05) is 32.2 Å². The molecule has 0 N–H and O–H groups in total. The Labute approximate surface area is 88.6 Å². The predicted octanol–water partition coefficient (Wildman–Crippen LogP) is 3.78. The Morgan fingerprint density at radius 3 is 2.79 bits per heavy atom. The van der Waals surface area contributed by atoms with Gasteiger partial charge in [-0.1, -0.05) is 24.2 Å². The van der Waals surface area contributed by atoms with Crippen LogP contribution in [0.3, 0.4) is 0 Å². The van der Waals surface area contributed by atoms with Gasteiger partial charge in [-0.05, 0) is 30.7 Å². The van der Waals surface area contributed by atoms with Crippen molar-refractivity contribution in [1.29, 1.82) is 0 Å². The van der Waals surface area contributed by atoms with Crippen LogP contribution in [0.4, 0.5) is 0 Å². The summed E-state index contributed by atoms with van der Waals surface area (Å²) in [5.41, 5.74) is 3.43. The third kappa shape index (κ3) is 1.17. The van der Waals surface area contributed by atoms with Gasteiger partial charge in [-0.3, -0.25) is 0 Å². The monoisotopic (exact) mass is 205 g/mol. The largest absolute Gasteiger partial charge is 0.344 e. The summed E-state index contributed by atoms with van der Waals surface area (Å²) in [6.45, 7) is 5.82. The fraction of sp³-hybridized carbons (Fsp3) is 0.167. The molecule has 14 heavy (non-hydrogen) atoms. The van der Waals surface area contributed by atoms with E-state index in [9.17, 15) is 0 Å². The van der Waals surface area contributed by atoms with E-state index < -0.39 is 0 Å². The lowest BCUT2D eigenvalue weighted by Gasteiger charge is -2.04. The molecule has 2 aromatic rings. The molecular formula is C12H12ClN. The van der Waals surface area contributed by atoms with Crippen molar-refractivity contribution in [3.05, 3.63) is 41.1 Å². The molecule has 2 heteroatoms. The van der Waals surface area contributed by atoms with Crippen LogP contribution in [0.1, 0.15) is 11.3 Å². The van der Waals surface area contributed by atoms with Crippen molar-refractivity contribution in [3.8, 4) is 0 Å². The highest BCUT2D eigenvalue weighted by Gasteiger charge is 2.07. The fourth-order valence-corrected chi connectivity index (χ4v) is 1.99. The molecule has 0 bridgehead atoms. The van der Waals surface area contributed by atoms with E-state index in [2.05, 4.69) is 17.2 Å². The van der Waals surface area contributed by atoms with Gasteiger partial charge in [0.1, 0.15) is 0 Å². The van der Waals surface area contributed by atoms with Gasteiger partial charge in [0.05, 0.1) is 5.52 Å². The molecule has 0 aliphatic rings. The Balaban J connectivity index is 2.93. The second-order valence-corrected chi connectivity index (χ2v) is 3.85. The van der Waals surface area contributed by atoms with Crippen molar-refractivity contribution in [2.75, 3.05) is 0 Å². The summed E-state index contributed by atoms with van der Waals surface area (Å²) < 4.78 is 2.11. The van der Waals surface area contributed by atoms with Crippen LogP contribution in [0, 0.1) is 6.92 Å². The second-order valence-electron chi connectivity index (χ2n) is 3.44. The topological polar surface area (TPSA) is 4.93 Å². The average Bonchev–Trinajstić information content (AvgIpc) is 2.50. The van der Waals surface area contributed by atoms with Crippen LogP contribution in [-0.4, -0.2) is 4.57 Å². The predicted molar refractivity (Wildman–Crippen MR) is 62.8 cm³/mol. The molecule has 72 valence electrons. The lowest BCUT2D eigenvalue weighted by atomic mass is 10.1. The molecule has 0 atom stereocenters. The summed E-state index contributed by atoms with van der Waals surface area (Å²) in [7, 11) is 2.03. The van der Waals surface area contributed by atoms with Gasteiger partial charge in [-0.25, -0.2) is 0 Å². The molecule has 0 unspecified atom stereocenters. The van der Waals surface area contributed by atoms with E-state index in [-0.39, 0.29) is 0 Å². The number of hydrogen-bond acceptors (Lipinski definition) is 0. The maximum absolute atomic E-state index is 6.07. The number of benzene rings is 1. The Kier molecular flexibility index (Phi) is 2.12. The van der Waals surface area contributed by atoms with E-state index in [0.29, 0.717) is 0 Å². The van der Waals surface area contributed by atoms with Crippen LogP contribution in [0.5, 0.6) is 0 Å². The maximum atomic E-state index is 6.07.